The summed E-state index contributed by atoms with van der Waals surface area (Å²) in [6.07, 6.45) is 0. The molecule has 0 radical (unpaired) electrons. The van der Waals surface area contributed by atoms with Crippen LogP contribution < -0.4 is 5.32 Å². The number of carbonyl (C=O) groups is 1. The van der Waals surface area contributed by atoms with Gasteiger partial charge in [-0.25, -0.2) is 0 Å². The Morgan fingerprint density at radius 1 is 1.60 bits per heavy atom. The fourth-order valence-corrected chi connectivity index (χ4v) is 1.67. The van der Waals surface area contributed by atoms with Crippen LogP contribution in [0.1, 0.15) is 37.0 Å². The number of nitrogens with zero attached hydrogens (tertiary/aromatic N) is 3. The average Bonchev–Trinajstić information content (AvgIpc) is 2.61. The van der Waals surface area contributed by atoms with E-state index in [1.807, 2.05) is 13.8 Å². The highest BCUT2D eigenvalue weighted by molar-refractivity contribution is 5.96. The lowest BCUT2D eigenvalue weighted by Crippen LogP contribution is -2.44. The second-order valence-corrected chi connectivity index (χ2v) is 5.36. The molecule has 1 rings (SSSR count). The third-order valence-electron chi connectivity index (χ3n) is 3.44. The van der Waals surface area contributed by atoms with Crippen LogP contribution in [0, 0.1) is 23.0 Å². The maximum atomic E-state index is 12.1. The van der Waals surface area contributed by atoms with Gasteiger partial charge in [0.25, 0.3) is 5.91 Å². The molecule has 0 aliphatic heterocycles. The number of carbonyl (C=O) groups excluding carboxylic acids is 1. The first-order chi connectivity index (χ1) is 9.08. The summed E-state index contributed by atoms with van der Waals surface area (Å²) in [5, 5.41) is 27.5. The maximum Gasteiger partial charge on any atom is 0.322 e. The van der Waals surface area contributed by atoms with E-state index in [-0.39, 0.29) is 29.5 Å². The first-order valence-corrected chi connectivity index (χ1v) is 6.26. The third-order valence-corrected chi connectivity index (χ3v) is 3.44. The van der Waals surface area contributed by atoms with Crippen molar-refractivity contribution in [2.45, 2.75) is 33.3 Å². The van der Waals surface area contributed by atoms with Crippen LogP contribution in [-0.4, -0.2) is 37.9 Å². The van der Waals surface area contributed by atoms with Gasteiger partial charge in [-0.3, -0.25) is 19.6 Å². The van der Waals surface area contributed by atoms with E-state index in [2.05, 4.69) is 10.4 Å². The second-order valence-electron chi connectivity index (χ2n) is 5.36. The molecule has 0 saturated carbocycles. The van der Waals surface area contributed by atoms with Crippen LogP contribution in [0.2, 0.25) is 0 Å². The summed E-state index contributed by atoms with van der Waals surface area (Å²) >= 11 is 0. The van der Waals surface area contributed by atoms with Crippen LogP contribution in [0.25, 0.3) is 0 Å². The van der Waals surface area contributed by atoms with Gasteiger partial charge in [0, 0.05) is 13.6 Å². The molecule has 0 fully saturated rings. The molecule has 8 nitrogen and oxygen atoms in total. The Kier molecular flexibility index (Phi) is 4.49. The van der Waals surface area contributed by atoms with Gasteiger partial charge in [0.2, 0.25) is 5.69 Å². The second kappa shape index (κ2) is 5.58. The van der Waals surface area contributed by atoms with Crippen LogP contribution >= 0.6 is 0 Å². The molecule has 0 aromatic carbocycles. The number of rotatable bonds is 5. The maximum absolute atomic E-state index is 12.1. The summed E-state index contributed by atoms with van der Waals surface area (Å²) in [5.41, 5.74) is -1.34. The van der Waals surface area contributed by atoms with Crippen molar-refractivity contribution >= 4 is 11.6 Å². The number of nitrogens with one attached hydrogen (secondary N) is 1. The molecular formula is C12H20N4O4. The fourth-order valence-electron chi connectivity index (χ4n) is 1.67. The Hall–Kier alpha value is -1.96. The Labute approximate surface area is 116 Å². The zero-order chi connectivity index (χ0) is 15.7. The summed E-state index contributed by atoms with van der Waals surface area (Å²) in [5.74, 6) is -0.688. The van der Waals surface area contributed by atoms with Crippen LogP contribution in [-0.2, 0) is 7.05 Å². The van der Waals surface area contributed by atoms with Crippen molar-refractivity contribution in [3.05, 3.63) is 21.5 Å². The minimum absolute atomic E-state index is 0.00484. The van der Waals surface area contributed by atoms with Gasteiger partial charge in [-0.1, -0.05) is 13.8 Å². The standard InChI is InChI=1S/C12H20N4O4/c1-7(2)12(4,18)6-13-11(17)10-9(16(19)20)8(3)14-15(10)5/h7,18H,6H2,1-5H3,(H,13,17). The van der Waals surface area contributed by atoms with Gasteiger partial charge in [0.05, 0.1) is 10.5 Å². The van der Waals surface area contributed by atoms with E-state index < -0.39 is 16.4 Å². The van der Waals surface area contributed by atoms with Crippen molar-refractivity contribution in [3.8, 4) is 0 Å². The molecule has 0 bridgehead atoms. The normalized spacial score (nSPS) is 14.2. The zero-order valence-corrected chi connectivity index (χ0v) is 12.3. The lowest BCUT2D eigenvalue weighted by atomic mass is 9.92. The third kappa shape index (κ3) is 3.13. The molecule has 20 heavy (non-hydrogen) atoms. The summed E-state index contributed by atoms with van der Waals surface area (Å²) in [6.45, 7) is 6.72. The highest BCUT2D eigenvalue weighted by Crippen LogP contribution is 2.22. The average molecular weight is 284 g/mol. The number of aliphatic hydroxyl groups is 1. The molecule has 1 heterocycles. The zero-order valence-electron chi connectivity index (χ0n) is 12.3. The van der Waals surface area contributed by atoms with Crippen LogP contribution in [0.5, 0.6) is 0 Å². The minimum atomic E-state index is -1.09. The van der Waals surface area contributed by atoms with E-state index in [0.717, 1.165) is 0 Å². The first kappa shape index (κ1) is 16.1. The van der Waals surface area contributed by atoms with Crippen molar-refractivity contribution in [2.24, 2.45) is 13.0 Å². The van der Waals surface area contributed by atoms with Crippen LogP contribution in [0.4, 0.5) is 5.69 Å². The van der Waals surface area contributed by atoms with E-state index >= 15 is 0 Å². The van der Waals surface area contributed by atoms with Crippen LogP contribution in [0.15, 0.2) is 0 Å². The Bertz CT molecular complexity index is 534. The number of hydrogen-bond acceptors (Lipinski definition) is 5. The van der Waals surface area contributed by atoms with Crippen molar-refractivity contribution in [1.29, 1.82) is 0 Å². The number of hydrogen-bond donors (Lipinski definition) is 2. The Balaban J connectivity index is 2.97. The van der Waals surface area contributed by atoms with Gasteiger partial charge in [-0.2, -0.15) is 5.10 Å². The number of amides is 1. The highest BCUT2D eigenvalue weighted by atomic mass is 16.6. The van der Waals surface area contributed by atoms with E-state index in [0.29, 0.717) is 0 Å². The summed E-state index contributed by atoms with van der Waals surface area (Å²) in [4.78, 5) is 22.5. The molecular weight excluding hydrogens is 264 g/mol. The molecule has 1 unspecified atom stereocenters. The monoisotopic (exact) mass is 284 g/mol. The fraction of sp³-hybridized carbons (Fsp3) is 0.667. The molecule has 8 heteroatoms. The summed E-state index contributed by atoms with van der Waals surface area (Å²) in [7, 11) is 1.47. The molecule has 1 aromatic heterocycles. The number of nitro groups is 1. The van der Waals surface area contributed by atoms with Gasteiger partial charge in [0.15, 0.2) is 0 Å². The van der Waals surface area contributed by atoms with Crippen LogP contribution in [0.3, 0.4) is 0 Å². The largest absolute Gasteiger partial charge is 0.388 e. The van der Waals surface area contributed by atoms with Crippen molar-refractivity contribution < 1.29 is 14.8 Å². The smallest absolute Gasteiger partial charge is 0.322 e. The molecule has 112 valence electrons. The van der Waals surface area contributed by atoms with E-state index in [1.54, 1.807) is 6.92 Å². The number of aryl methyl sites for hydroxylation is 2. The van der Waals surface area contributed by atoms with Gasteiger partial charge in [0.1, 0.15) is 5.69 Å². The molecule has 1 amide bonds. The summed E-state index contributed by atoms with van der Waals surface area (Å²) in [6, 6.07) is 0. The van der Waals surface area contributed by atoms with Gasteiger partial charge in [-0.15, -0.1) is 0 Å². The lowest BCUT2D eigenvalue weighted by Gasteiger charge is -2.27. The molecule has 0 spiro atoms. The lowest BCUT2D eigenvalue weighted by molar-refractivity contribution is -0.385. The van der Waals surface area contributed by atoms with E-state index in [4.69, 9.17) is 0 Å². The van der Waals surface area contributed by atoms with Gasteiger partial charge in [-0.05, 0) is 19.8 Å². The first-order valence-electron chi connectivity index (χ1n) is 6.26. The van der Waals surface area contributed by atoms with E-state index in [1.165, 1.54) is 18.7 Å². The minimum Gasteiger partial charge on any atom is -0.388 e. The van der Waals surface area contributed by atoms with Crippen molar-refractivity contribution in [2.75, 3.05) is 6.54 Å². The molecule has 1 aromatic rings. The number of aromatic nitrogens is 2. The van der Waals surface area contributed by atoms with E-state index in [9.17, 15) is 20.0 Å². The van der Waals surface area contributed by atoms with Crippen molar-refractivity contribution in [1.82, 2.24) is 15.1 Å². The van der Waals surface area contributed by atoms with Crippen molar-refractivity contribution in [3.63, 3.8) is 0 Å². The molecule has 1 atom stereocenters. The predicted molar refractivity (Wildman–Crippen MR) is 72.4 cm³/mol. The van der Waals surface area contributed by atoms with Gasteiger partial charge < -0.3 is 10.4 Å². The topological polar surface area (TPSA) is 110 Å². The highest BCUT2D eigenvalue weighted by Gasteiger charge is 2.31. The summed E-state index contributed by atoms with van der Waals surface area (Å²) < 4.78 is 1.17. The Morgan fingerprint density at radius 3 is 2.60 bits per heavy atom. The Morgan fingerprint density at radius 2 is 2.15 bits per heavy atom. The SMILES string of the molecule is Cc1nn(C)c(C(=O)NCC(C)(O)C(C)C)c1[N+](=O)[O-]. The molecule has 0 aliphatic carbocycles. The quantitative estimate of drug-likeness (QED) is 0.613. The molecule has 0 saturated heterocycles. The van der Waals surface area contributed by atoms with Gasteiger partial charge >= 0.3 is 5.69 Å². The molecule has 2 N–H and O–H groups in total. The molecule has 0 aliphatic rings. The predicted octanol–water partition coefficient (Wildman–Crippen LogP) is 0.774.